The zero-order chi connectivity index (χ0) is 30.3. The average Bonchev–Trinajstić information content (AvgIpc) is 3.45. The van der Waals surface area contributed by atoms with Crippen molar-refractivity contribution < 1.29 is 36.6 Å². The lowest BCUT2D eigenvalue weighted by molar-refractivity contribution is -0.146. The Kier molecular flexibility index (Phi) is 8.94. The molecule has 1 aromatic carbocycles. The third-order valence-corrected chi connectivity index (χ3v) is 7.44. The van der Waals surface area contributed by atoms with Crippen molar-refractivity contribution in [2.75, 3.05) is 13.2 Å². The number of halogens is 5. The number of ether oxygens (including phenoxy) is 2. The van der Waals surface area contributed by atoms with Gasteiger partial charge in [0.25, 0.3) is 0 Å². The second-order valence-electron chi connectivity index (χ2n) is 11.7. The van der Waals surface area contributed by atoms with Crippen molar-refractivity contribution in [2.24, 2.45) is 0 Å². The van der Waals surface area contributed by atoms with Crippen LogP contribution in [-0.4, -0.2) is 57.6 Å². The van der Waals surface area contributed by atoms with Crippen LogP contribution >= 0.6 is 11.6 Å². The first-order valence-electron chi connectivity index (χ1n) is 13.5. The first kappa shape index (κ1) is 31.1. The van der Waals surface area contributed by atoms with Crippen LogP contribution in [0.25, 0.3) is 0 Å². The van der Waals surface area contributed by atoms with E-state index in [0.717, 1.165) is 18.9 Å². The molecule has 0 spiro atoms. The maximum Gasteiger partial charge on any atom is 0.433 e. The number of alkyl halides is 3. The van der Waals surface area contributed by atoms with E-state index in [0.29, 0.717) is 27.9 Å². The number of likely N-dealkylation sites (tertiary alicyclic amines) is 1. The van der Waals surface area contributed by atoms with Gasteiger partial charge in [0.2, 0.25) is 5.91 Å². The Morgan fingerprint density at radius 3 is 2.46 bits per heavy atom. The van der Waals surface area contributed by atoms with Crippen molar-refractivity contribution in [1.29, 1.82) is 0 Å². The van der Waals surface area contributed by atoms with Gasteiger partial charge in [-0.05, 0) is 83.2 Å². The molecule has 13 heteroatoms. The lowest BCUT2D eigenvalue weighted by Crippen LogP contribution is -2.41. The van der Waals surface area contributed by atoms with Crippen molar-refractivity contribution in [2.45, 2.75) is 96.3 Å². The van der Waals surface area contributed by atoms with E-state index >= 15 is 0 Å². The summed E-state index contributed by atoms with van der Waals surface area (Å²) in [6.45, 7) is 8.08. The second-order valence-corrected chi connectivity index (χ2v) is 12.1. The average molecular weight is 603 g/mol. The Bertz CT molecular complexity index is 1290. The number of amides is 2. The van der Waals surface area contributed by atoms with E-state index in [4.69, 9.17) is 21.1 Å². The third-order valence-electron chi connectivity index (χ3n) is 6.92. The van der Waals surface area contributed by atoms with E-state index in [1.807, 2.05) is 0 Å². The minimum atomic E-state index is -4.68. The molecule has 1 aliphatic carbocycles. The number of carbonyl (C=O) groups is 2. The summed E-state index contributed by atoms with van der Waals surface area (Å²) in [7, 11) is 0. The van der Waals surface area contributed by atoms with Crippen LogP contribution in [0.15, 0.2) is 18.2 Å². The highest BCUT2D eigenvalue weighted by atomic mass is 35.5. The molecule has 0 unspecified atom stereocenters. The Balaban J connectivity index is 1.56. The summed E-state index contributed by atoms with van der Waals surface area (Å²) >= 11 is 6.56. The van der Waals surface area contributed by atoms with Gasteiger partial charge in [0.1, 0.15) is 23.7 Å². The van der Waals surface area contributed by atoms with Gasteiger partial charge in [-0.15, -0.1) is 0 Å². The smallest absolute Gasteiger partial charge is 0.433 e. The molecule has 1 saturated heterocycles. The van der Waals surface area contributed by atoms with Crippen molar-refractivity contribution in [3.8, 4) is 0 Å². The van der Waals surface area contributed by atoms with Gasteiger partial charge in [-0.1, -0.05) is 11.6 Å². The van der Waals surface area contributed by atoms with Crippen molar-refractivity contribution in [3.05, 3.63) is 51.6 Å². The topological polar surface area (TPSA) is 85.7 Å². The number of hydrogen-bond acceptors (Lipinski definition) is 5. The Labute approximate surface area is 241 Å². The normalized spacial score (nSPS) is 20.3. The molecule has 1 saturated carbocycles. The summed E-state index contributed by atoms with van der Waals surface area (Å²) < 4.78 is 67.9. The van der Waals surface area contributed by atoms with Crippen molar-refractivity contribution >= 4 is 23.6 Å². The molecule has 0 radical (unpaired) electrons. The molecule has 4 rings (SSSR count). The van der Waals surface area contributed by atoms with E-state index < -0.39 is 60.0 Å². The highest BCUT2D eigenvalue weighted by molar-refractivity contribution is 6.32. The number of aryl methyl sites for hydroxylation is 1. The van der Waals surface area contributed by atoms with E-state index in [1.165, 1.54) is 17.0 Å². The van der Waals surface area contributed by atoms with Gasteiger partial charge in [0, 0.05) is 17.5 Å². The van der Waals surface area contributed by atoms with Crippen LogP contribution in [0.1, 0.15) is 81.4 Å². The molecule has 2 aromatic rings. The fourth-order valence-electron chi connectivity index (χ4n) is 4.95. The largest absolute Gasteiger partial charge is 0.444 e. The summed E-state index contributed by atoms with van der Waals surface area (Å²) in [5, 5.41) is 7.01. The maximum absolute atomic E-state index is 14.5. The minimum absolute atomic E-state index is 0.0323. The number of benzene rings is 1. The maximum atomic E-state index is 14.5. The monoisotopic (exact) mass is 602 g/mol. The van der Waals surface area contributed by atoms with Crippen molar-refractivity contribution in [1.82, 2.24) is 20.0 Å². The number of aromatic nitrogens is 2. The highest BCUT2D eigenvalue weighted by Gasteiger charge is 2.43. The van der Waals surface area contributed by atoms with E-state index in [9.17, 15) is 27.2 Å². The minimum Gasteiger partial charge on any atom is -0.444 e. The van der Waals surface area contributed by atoms with Crippen LogP contribution in [-0.2, 0) is 27.0 Å². The van der Waals surface area contributed by atoms with Crippen LogP contribution in [0.4, 0.5) is 22.4 Å². The molecule has 1 aliphatic heterocycles. The predicted molar refractivity (Wildman–Crippen MR) is 143 cm³/mol. The van der Waals surface area contributed by atoms with Crippen LogP contribution in [0.5, 0.6) is 0 Å². The number of nitrogens with one attached hydrogen (secondary N) is 1. The Morgan fingerprint density at radius 1 is 1.17 bits per heavy atom. The summed E-state index contributed by atoms with van der Waals surface area (Å²) in [5.74, 6) is -1.23. The molecular weight excluding hydrogens is 568 g/mol. The molecule has 1 N–H and O–H groups in total. The molecule has 226 valence electrons. The first-order chi connectivity index (χ1) is 19.0. The Hall–Kier alpha value is -2.86. The molecule has 1 aromatic heterocycles. The number of nitrogens with zero attached hydrogens (tertiary/aromatic N) is 3. The number of hydrogen-bond donors (Lipinski definition) is 1. The molecule has 3 atom stereocenters. The molecule has 41 heavy (non-hydrogen) atoms. The van der Waals surface area contributed by atoms with Crippen LogP contribution in [0.2, 0.25) is 5.02 Å². The SMILES string of the molecule is Cc1cc(F)cc([C@@H]2[C@H](OC[C@@H](C)NC(=O)OC(C)(C)C)CCN2C(=O)Cn2nc(C3CC3)cc2C(F)(F)F)c1Cl. The quantitative estimate of drug-likeness (QED) is 0.366. The summed E-state index contributed by atoms with van der Waals surface area (Å²) in [6.07, 6.45) is -4.14. The third kappa shape index (κ3) is 7.71. The van der Waals surface area contributed by atoms with Crippen LogP contribution in [0, 0.1) is 12.7 Å². The summed E-state index contributed by atoms with van der Waals surface area (Å²) in [5.41, 5.74) is -0.616. The van der Waals surface area contributed by atoms with E-state index in [-0.39, 0.29) is 24.1 Å². The van der Waals surface area contributed by atoms with E-state index in [1.54, 1.807) is 34.6 Å². The fraction of sp³-hybridized carbons (Fsp3) is 0.607. The highest BCUT2D eigenvalue weighted by Crippen LogP contribution is 2.42. The molecule has 2 heterocycles. The lowest BCUT2D eigenvalue weighted by atomic mass is 9.99. The molecule has 8 nitrogen and oxygen atoms in total. The van der Waals surface area contributed by atoms with Gasteiger partial charge in [-0.2, -0.15) is 18.3 Å². The molecule has 2 aliphatic rings. The molecular formula is C28H35ClF4N4O4. The fourth-order valence-corrected chi connectivity index (χ4v) is 5.18. The van der Waals surface area contributed by atoms with Gasteiger partial charge in [0.05, 0.1) is 30.5 Å². The van der Waals surface area contributed by atoms with Crippen molar-refractivity contribution in [3.63, 3.8) is 0 Å². The predicted octanol–water partition coefficient (Wildman–Crippen LogP) is 6.15. The first-order valence-corrected chi connectivity index (χ1v) is 13.9. The van der Waals surface area contributed by atoms with Gasteiger partial charge in [-0.3, -0.25) is 9.48 Å². The van der Waals surface area contributed by atoms with Crippen LogP contribution < -0.4 is 5.32 Å². The number of carbonyl (C=O) groups excluding carboxylic acids is 2. The summed E-state index contributed by atoms with van der Waals surface area (Å²) in [6, 6.07) is 2.13. The number of rotatable bonds is 8. The zero-order valence-corrected chi connectivity index (χ0v) is 24.4. The molecule has 2 amide bonds. The molecule has 0 bridgehead atoms. The molecule has 2 fully saturated rings. The van der Waals surface area contributed by atoms with Gasteiger partial charge in [-0.25, -0.2) is 9.18 Å². The Morgan fingerprint density at radius 2 is 1.85 bits per heavy atom. The van der Waals surface area contributed by atoms with Gasteiger partial charge < -0.3 is 19.7 Å². The van der Waals surface area contributed by atoms with Gasteiger partial charge in [0.15, 0.2) is 0 Å². The lowest BCUT2D eigenvalue weighted by Gasteiger charge is -2.30. The summed E-state index contributed by atoms with van der Waals surface area (Å²) in [4.78, 5) is 27.1. The second kappa shape index (κ2) is 11.8. The van der Waals surface area contributed by atoms with Crippen LogP contribution in [0.3, 0.4) is 0 Å². The number of alkyl carbamates (subject to hydrolysis) is 1. The standard InChI is InChI=1S/C28H35ClF4N4O4/c1-15-10-18(30)11-19(24(15)29)25-21(40-14-16(2)34-26(39)41-27(3,4)5)8-9-36(25)23(38)13-37-22(28(31,32)33)12-20(35-37)17-6-7-17/h10-12,16-17,21,25H,6-9,13-14H2,1-5H3,(H,34,39)/t16-,21-,25-/m1/s1. The van der Waals surface area contributed by atoms with Gasteiger partial charge >= 0.3 is 12.3 Å². The van der Waals surface area contributed by atoms with E-state index in [2.05, 4.69) is 10.4 Å². The zero-order valence-electron chi connectivity index (χ0n) is 23.6.